The monoisotopic (exact) mass is 298 g/mol. The minimum Gasteiger partial charge on any atom is -0.394 e. The molecule has 0 aromatic rings. The summed E-state index contributed by atoms with van der Waals surface area (Å²) in [5.41, 5.74) is -0.0195. The van der Waals surface area contributed by atoms with E-state index in [1.165, 1.54) is 19.3 Å². The van der Waals surface area contributed by atoms with E-state index in [1.54, 1.807) is 0 Å². The third kappa shape index (κ3) is 3.98. The Kier molecular flexibility index (Phi) is 6.48. The highest BCUT2D eigenvalue weighted by Gasteiger charge is 2.41. The van der Waals surface area contributed by atoms with Crippen LogP contribution in [0.5, 0.6) is 0 Å². The molecule has 0 radical (unpaired) electrons. The summed E-state index contributed by atoms with van der Waals surface area (Å²) in [6.45, 7) is 10.9. The summed E-state index contributed by atoms with van der Waals surface area (Å²) in [6.07, 6.45) is 6.33. The summed E-state index contributed by atoms with van der Waals surface area (Å²) in [4.78, 5) is 2.61. The third-order valence-electron chi connectivity index (χ3n) is 5.59. The average molecular weight is 298 g/mol. The third-order valence-corrected chi connectivity index (χ3v) is 5.59. The minimum absolute atomic E-state index is 0.0195. The molecule has 0 spiro atoms. The lowest BCUT2D eigenvalue weighted by Gasteiger charge is -2.40. The summed E-state index contributed by atoms with van der Waals surface area (Å²) in [7, 11) is 0. The Balaban J connectivity index is 1.91. The second kappa shape index (κ2) is 7.91. The molecule has 1 saturated carbocycles. The predicted molar refractivity (Wildman–Crippen MR) is 86.5 cm³/mol. The number of ether oxygens (including phenoxy) is 1. The van der Waals surface area contributed by atoms with Crippen LogP contribution in [0.25, 0.3) is 0 Å². The summed E-state index contributed by atoms with van der Waals surface area (Å²) >= 11 is 0. The molecule has 0 bridgehead atoms. The molecule has 4 unspecified atom stereocenters. The SMILES string of the molecule is CCNC1(CO)CCCC1CCN1CC(C)OCC1CC. The van der Waals surface area contributed by atoms with E-state index in [0.29, 0.717) is 18.1 Å². The molecule has 2 N–H and O–H groups in total. The molecular formula is C17H34N2O2. The maximum atomic E-state index is 9.90. The zero-order chi connectivity index (χ0) is 15.3. The number of aliphatic hydroxyl groups is 1. The molecule has 4 heteroatoms. The summed E-state index contributed by atoms with van der Waals surface area (Å²) in [5.74, 6) is 0.609. The first kappa shape index (κ1) is 17.2. The second-order valence-corrected chi connectivity index (χ2v) is 6.92. The van der Waals surface area contributed by atoms with Gasteiger partial charge in [-0.2, -0.15) is 0 Å². The number of hydrogen-bond donors (Lipinski definition) is 2. The van der Waals surface area contributed by atoms with Crippen molar-refractivity contribution in [2.45, 2.75) is 70.6 Å². The molecule has 1 heterocycles. The molecule has 2 aliphatic rings. The lowest BCUT2D eigenvalue weighted by molar-refractivity contribution is -0.0584. The Bertz CT molecular complexity index is 313. The number of aliphatic hydroxyl groups excluding tert-OH is 1. The van der Waals surface area contributed by atoms with E-state index in [9.17, 15) is 5.11 Å². The highest BCUT2D eigenvalue weighted by molar-refractivity contribution is 4.99. The fraction of sp³-hybridized carbons (Fsp3) is 1.00. The Labute approximate surface area is 130 Å². The molecule has 124 valence electrons. The van der Waals surface area contributed by atoms with Crippen LogP contribution in [-0.2, 0) is 4.74 Å². The smallest absolute Gasteiger partial charge is 0.0674 e. The van der Waals surface area contributed by atoms with Gasteiger partial charge in [-0.25, -0.2) is 0 Å². The topological polar surface area (TPSA) is 44.7 Å². The highest BCUT2D eigenvalue weighted by Crippen LogP contribution is 2.38. The van der Waals surface area contributed by atoms with Crippen LogP contribution in [0.2, 0.25) is 0 Å². The number of nitrogens with zero attached hydrogens (tertiary/aromatic N) is 1. The maximum absolute atomic E-state index is 9.90. The first-order valence-electron chi connectivity index (χ1n) is 8.86. The molecule has 0 aromatic heterocycles. The van der Waals surface area contributed by atoms with E-state index in [4.69, 9.17) is 4.74 Å². The van der Waals surface area contributed by atoms with Crippen molar-refractivity contribution >= 4 is 0 Å². The van der Waals surface area contributed by atoms with E-state index in [2.05, 4.69) is 31.0 Å². The number of likely N-dealkylation sites (N-methyl/N-ethyl adjacent to an activating group) is 1. The first-order chi connectivity index (χ1) is 10.1. The van der Waals surface area contributed by atoms with Crippen LogP contribution in [0, 0.1) is 5.92 Å². The van der Waals surface area contributed by atoms with Gasteiger partial charge in [0.15, 0.2) is 0 Å². The summed E-state index contributed by atoms with van der Waals surface area (Å²) < 4.78 is 5.79. The number of nitrogens with one attached hydrogen (secondary N) is 1. The van der Waals surface area contributed by atoms with Crippen LogP contribution < -0.4 is 5.32 Å². The van der Waals surface area contributed by atoms with E-state index in [1.807, 2.05) is 0 Å². The van der Waals surface area contributed by atoms with E-state index in [0.717, 1.165) is 39.1 Å². The van der Waals surface area contributed by atoms with Gasteiger partial charge in [0.05, 0.1) is 19.3 Å². The molecule has 2 rings (SSSR count). The van der Waals surface area contributed by atoms with Crippen LogP contribution in [0.4, 0.5) is 0 Å². The van der Waals surface area contributed by atoms with Crippen molar-refractivity contribution in [1.82, 2.24) is 10.2 Å². The Morgan fingerprint density at radius 1 is 1.38 bits per heavy atom. The van der Waals surface area contributed by atoms with Gasteiger partial charge in [-0.3, -0.25) is 4.90 Å². The number of hydrogen-bond acceptors (Lipinski definition) is 4. The molecule has 2 fully saturated rings. The lowest BCUT2D eigenvalue weighted by atomic mass is 9.85. The molecule has 1 aliphatic heterocycles. The van der Waals surface area contributed by atoms with E-state index < -0.39 is 0 Å². The highest BCUT2D eigenvalue weighted by atomic mass is 16.5. The van der Waals surface area contributed by atoms with Gasteiger partial charge in [-0.15, -0.1) is 0 Å². The van der Waals surface area contributed by atoms with Crippen LogP contribution in [0.1, 0.15) is 52.9 Å². The van der Waals surface area contributed by atoms with Crippen molar-refractivity contribution in [1.29, 1.82) is 0 Å². The van der Waals surface area contributed by atoms with Gasteiger partial charge in [-0.1, -0.05) is 20.3 Å². The van der Waals surface area contributed by atoms with Gasteiger partial charge >= 0.3 is 0 Å². The van der Waals surface area contributed by atoms with Crippen molar-refractivity contribution in [3.05, 3.63) is 0 Å². The van der Waals surface area contributed by atoms with Crippen molar-refractivity contribution in [3.63, 3.8) is 0 Å². The van der Waals surface area contributed by atoms with Crippen LogP contribution in [-0.4, -0.2) is 60.5 Å². The largest absolute Gasteiger partial charge is 0.394 e. The minimum atomic E-state index is -0.0195. The molecule has 0 aromatic carbocycles. The van der Waals surface area contributed by atoms with Gasteiger partial charge in [0.1, 0.15) is 0 Å². The van der Waals surface area contributed by atoms with Crippen molar-refractivity contribution in [2.75, 3.05) is 32.8 Å². The van der Waals surface area contributed by atoms with E-state index in [-0.39, 0.29) is 12.1 Å². The predicted octanol–water partition coefficient (Wildman–Crippen LogP) is 2.02. The summed E-state index contributed by atoms with van der Waals surface area (Å²) in [6, 6.07) is 0.574. The van der Waals surface area contributed by atoms with Gasteiger partial charge in [0, 0.05) is 18.1 Å². The average Bonchev–Trinajstić information content (AvgIpc) is 2.89. The Morgan fingerprint density at radius 3 is 2.86 bits per heavy atom. The number of morpholine rings is 1. The van der Waals surface area contributed by atoms with Crippen molar-refractivity contribution in [3.8, 4) is 0 Å². The first-order valence-corrected chi connectivity index (χ1v) is 8.86. The quantitative estimate of drug-likeness (QED) is 0.755. The summed E-state index contributed by atoms with van der Waals surface area (Å²) in [5, 5.41) is 13.5. The van der Waals surface area contributed by atoms with Gasteiger partial charge < -0.3 is 15.2 Å². The van der Waals surface area contributed by atoms with Crippen molar-refractivity contribution < 1.29 is 9.84 Å². The zero-order valence-corrected chi connectivity index (χ0v) is 14.1. The van der Waals surface area contributed by atoms with Gasteiger partial charge in [0.25, 0.3) is 0 Å². The van der Waals surface area contributed by atoms with Gasteiger partial charge in [0.2, 0.25) is 0 Å². The molecule has 21 heavy (non-hydrogen) atoms. The lowest BCUT2D eigenvalue weighted by Crippen LogP contribution is -2.53. The number of rotatable bonds is 7. The molecule has 1 aliphatic carbocycles. The molecule has 0 amide bonds. The molecule has 4 nitrogen and oxygen atoms in total. The van der Waals surface area contributed by atoms with Crippen molar-refractivity contribution in [2.24, 2.45) is 5.92 Å². The van der Waals surface area contributed by atoms with E-state index >= 15 is 0 Å². The Morgan fingerprint density at radius 2 is 2.19 bits per heavy atom. The van der Waals surface area contributed by atoms with Crippen LogP contribution >= 0.6 is 0 Å². The second-order valence-electron chi connectivity index (χ2n) is 6.92. The zero-order valence-electron chi connectivity index (χ0n) is 14.1. The normalized spacial score (nSPS) is 38.0. The standard InChI is InChI=1S/C17H34N2O2/c1-4-16-12-21-14(3)11-19(16)10-8-15-7-6-9-17(15,13-20)18-5-2/h14-16,18,20H,4-13H2,1-3H3. The molecule has 1 saturated heterocycles. The van der Waals surface area contributed by atoms with Crippen LogP contribution in [0.15, 0.2) is 0 Å². The maximum Gasteiger partial charge on any atom is 0.0674 e. The fourth-order valence-corrected chi connectivity index (χ4v) is 4.30. The molecule has 4 atom stereocenters. The fourth-order valence-electron chi connectivity index (χ4n) is 4.30. The van der Waals surface area contributed by atoms with Gasteiger partial charge in [-0.05, 0) is 51.6 Å². The van der Waals surface area contributed by atoms with Crippen LogP contribution in [0.3, 0.4) is 0 Å². The Hall–Kier alpha value is -0.160. The molecular weight excluding hydrogens is 264 g/mol.